The molecular formula is C16H32IN5O3. The Kier molecular flexibility index (Phi) is 12.8. The zero-order chi connectivity index (χ0) is 17.8. The predicted molar refractivity (Wildman–Crippen MR) is 109 cm³/mol. The number of guanidine groups is 1. The molecule has 0 aliphatic carbocycles. The lowest BCUT2D eigenvalue weighted by atomic mass is 9.97. The van der Waals surface area contributed by atoms with Crippen molar-refractivity contribution >= 4 is 29.9 Å². The van der Waals surface area contributed by atoms with Crippen LogP contribution < -0.4 is 10.6 Å². The molecule has 0 unspecified atom stereocenters. The van der Waals surface area contributed by atoms with Crippen molar-refractivity contribution in [2.75, 3.05) is 40.0 Å². The molecule has 1 rings (SSSR count). The molecule has 0 aromatic carbocycles. The molecule has 0 radical (unpaired) electrons. The second kappa shape index (κ2) is 13.3. The third kappa shape index (κ3) is 10.6. The lowest BCUT2D eigenvalue weighted by Crippen LogP contribution is -2.38. The summed E-state index contributed by atoms with van der Waals surface area (Å²) in [5.41, 5.74) is -0.152. The van der Waals surface area contributed by atoms with E-state index >= 15 is 0 Å². The number of methoxy groups -OCH3 is 1. The van der Waals surface area contributed by atoms with Gasteiger partial charge in [-0.2, -0.15) is 4.98 Å². The minimum absolute atomic E-state index is 0. The summed E-state index contributed by atoms with van der Waals surface area (Å²) in [6.45, 7) is 12.0. The highest BCUT2D eigenvalue weighted by atomic mass is 127. The van der Waals surface area contributed by atoms with Crippen molar-refractivity contribution in [1.82, 2.24) is 20.8 Å². The smallest absolute Gasteiger partial charge is 0.232 e. The fourth-order valence-electron chi connectivity index (χ4n) is 1.74. The predicted octanol–water partition coefficient (Wildman–Crippen LogP) is 2.09. The molecule has 0 atom stereocenters. The van der Waals surface area contributed by atoms with E-state index in [-0.39, 0.29) is 29.4 Å². The molecule has 8 nitrogen and oxygen atoms in total. The van der Waals surface area contributed by atoms with Crippen LogP contribution in [0, 0.1) is 0 Å². The number of nitrogens with one attached hydrogen (secondary N) is 2. The number of ether oxygens (including phenoxy) is 2. The van der Waals surface area contributed by atoms with Crippen LogP contribution in [0.3, 0.4) is 0 Å². The molecule has 0 bridgehead atoms. The standard InChI is InChI=1S/C16H31N5O3.HI/c1-6-17-15(18-8-7-9-23-11-10-22-5)19-12-13-20-14(24-21-13)16(2,3)4;/h6-12H2,1-5H3,(H2,17,18,19);1H. The average molecular weight is 469 g/mol. The largest absolute Gasteiger partial charge is 0.382 e. The molecule has 0 spiro atoms. The van der Waals surface area contributed by atoms with Crippen LogP contribution >= 0.6 is 24.0 Å². The van der Waals surface area contributed by atoms with Gasteiger partial charge in [-0.05, 0) is 13.3 Å². The van der Waals surface area contributed by atoms with Crippen LogP contribution in [0.25, 0.3) is 0 Å². The normalized spacial score (nSPS) is 12.0. The molecule has 0 fully saturated rings. The number of nitrogens with zero attached hydrogens (tertiary/aromatic N) is 3. The number of rotatable bonds is 10. The molecule has 0 aliphatic heterocycles. The number of aromatic nitrogens is 2. The quantitative estimate of drug-likeness (QED) is 0.235. The number of hydrogen-bond donors (Lipinski definition) is 2. The zero-order valence-electron chi connectivity index (χ0n) is 15.9. The Morgan fingerprint density at radius 2 is 1.96 bits per heavy atom. The molecule has 1 heterocycles. The van der Waals surface area contributed by atoms with Crippen LogP contribution in [-0.4, -0.2) is 56.1 Å². The van der Waals surface area contributed by atoms with Gasteiger partial charge in [0, 0.05) is 32.2 Å². The van der Waals surface area contributed by atoms with E-state index in [4.69, 9.17) is 14.0 Å². The van der Waals surface area contributed by atoms with Gasteiger partial charge in [-0.3, -0.25) is 0 Å². The highest BCUT2D eigenvalue weighted by Crippen LogP contribution is 2.19. The maximum atomic E-state index is 5.42. The van der Waals surface area contributed by atoms with Gasteiger partial charge in [-0.15, -0.1) is 24.0 Å². The Morgan fingerprint density at radius 3 is 2.56 bits per heavy atom. The topological polar surface area (TPSA) is 93.8 Å². The summed E-state index contributed by atoms with van der Waals surface area (Å²) in [4.78, 5) is 8.85. The fraction of sp³-hybridized carbons (Fsp3) is 0.812. The van der Waals surface area contributed by atoms with Crippen molar-refractivity contribution in [3.05, 3.63) is 11.7 Å². The van der Waals surface area contributed by atoms with E-state index in [2.05, 4.69) is 25.8 Å². The summed E-state index contributed by atoms with van der Waals surface area (Å²) in [6, 6.07) is 0. The van der Waals surface area contributed by atoms with E-state index in [1.807, 2.05) is 27.7 Å². The average Bonchev–Trinajstić information content (AvgIpc) is 3.01. The SMILES string of the molecule is CCNC(=NCc1noc(C(C)(C)C)n1)NCCCOCCOC.I. The van der Waals surface area contributed by atoms with Crippen molar-refractivity contribution in [2.24, 2.45) is 4.99 Å². The summed E-state index contributed by atoms with van der Waals surface area (Å²) >= 11 is 0. The van der Waals surface area contributed by atoms with Gasteiger partial charge in [-0.1, -0.05) is 25.9 Å². The summed E-state index contributed by atoms with van der Waals surface area (Å²) in [6.07, 6.45) is 0.893. The van der Waals surface area contributed by atoms with Crippen LogP contribution in [-0.2, 0) is 21.4 Å². The molecule has 146 valence electrons. The molecule has 25 heavy (non-hydrogen) atoms. The van der Waals surface area contributed by atoms with Gasteiger partial charge in [0.25, 0.3) is 0 Å². The van der Waals surface area contributed by atoms with Gasteiger partial charge in [0.15, 0.2) is 11.8 Å². The van der Waals surface area contributed by atoms with Crippen molar-refractivity contribution in [3.8, 4) is 0 Å². The Labute approximate surface area is 167 Å². The minimum Gasteiger partial charge on any atom is -0.382 e. The van der Waals surface area contributed by atoms with E-state index in [9.17, 15) is 0 Å². The van der Waals surface area contributed by atoms with Crippen molar-refractivity contribution in [3.63, 3.8) is 0 Å². The third-order valence-corrected chi connectivity index (χ3v) is 3.02. The number of aliphatic imine (C=N–C) groups is 1. The second-order valence-electron chi connectivity index (χ2n) is 6.35. The van der Waals surface area contributed by atoms with Crippen LogP contribution in [0.1, 0.15) is 45.8 Å². The summed E-state index contributed by atoms with van der Waals surface area (Å²) in [7, 11) is 1.66. The maximum Gasteiger partial charge on any atom is 0.232 e. The van der Waals surface area contributed by atoms with Gasteiger partial charge in [0.2, 0.25) is 5.89 Å². The molecule has 1 aromatic rings. The molecular weight excluding hydrogens is 437 g/mol. The Morgan fingerprint density at radius 1 is 1.20 bits per heavy atom. The molecule has 2 N–H and O–H groups in total. The molecule has 0 aliphatic rings. The lowest BCUT2D eigenvalue weighted by molar-refractivity contribution is 0.0698. The van der Waals surface area contributed by atoms with Gasteiger partial charge in [-0.25, -0.2) is 4.99 Å². The van der Waals surface area contributed by atoms with Crippen LogP contribution in [0.2, 0.25) is 0 Å². The lowest BCUT2D eigenvalue weighted by Gasteiger charge is -2.11. The zero-order valence-corrected chi connectivity index (χ0v) is 18.3. The van der Waals surface area contributed by atoms with Gasteiger partial charge in [0.05, 0.1) is 13.2 Å². The van der Waals surface area contributed by atoms with Crippen molar-refractivity contribution in [1.29, 1.82) is 0 Å². The van der Waals surface area contributed by atoms with Crippen molar-refractivity contribution in [2.45, 2.75) is 46.1 Å². The first-order chi connectivity index (χ1) is 11.5. The van der Waals surface area contributed by atoms with Gasteiger partial charge >= 0.3 is 0 Å². The number of halogens is 1. The third-order valence-electron chi connectivity index (χ3n) is 3.02. The monoisotopic (exact) mass is 469 g/mol. The highest BCUT2D eigenvalue weighted by Gasteiger charge is 2.21. The molecule has 0 saturated carbocycles. The van der Waals surface area contributed by atoms with E-state index in [1.165, 1.54) is 0 Å². The minimum atomic E-state index is -0.152. The highest BCUT2D eigenvalue weighted by molar-refractivity contribution is 14.0. The van der Waals surface area contributed by atoms with E-state index < -0.39 is 0 Å². The van der Waals surface area contributed by atoms with Crippen LogP contribution in [0.5, 0.6) is 0 Å². The summed E-state index contributed by atoms with van der Waals surface area (Å²) < 4.78 is 15.6. The first-order valence-corrected chi connectivity index (χ1v) is 8.39. The maximum absolute atomic E-state index is 5.42. The van der Waals surface area contributed by atoms with E-state index in [0.717, 1.165) is 25.5 Å². The second-order valence-corrected chi connectivity index (χ2v) is 6.35. The Balaban J connectivity index is 0.00000576. The van der Waals surface area contributed by atoms with E-state index in [0.29, 0.717) is 38.1 Å². The first kappa shape index (κ1) is 24.1. The molecule has 0 saturated heterocycles. The molecule has 1 aromatic heterocycles. The van der Waals surface area contributed by atoms with Crippen LogP contribution in [0.4, 0.5) is 0 Å². The summed E-state index contributed by atoms with van der Waals surface area (Å²) in [5, 5.41) is 10.4. The Hall–Kier alpha value is -0.940. The van der Waals surface area contributed by atoms with Crippen molar-refractivity contribution < 1.29 is 14.0 Å². The van der Waals surface area contributed by atoms with Gasteiger partial charge < -0.3 is 24.6 Å². The summed E-state index contributed by atoms with van der Waals surface area (Å²) in [5.74, 6) is 1.94. The van der Waals surface area contributed by atoms with Crippen LogP contribution in [0.15, 0.2) is 9.52 Å². The fourth-order valence-corrected chi connectivity index (χ4v) is 1.74. The number of hydrogen-bond acceptors (Lipinski definition) is 6. The first-order valence-electron chi connectivity index (χ1n) is 8.39. The molecule has 0 amide bonds. The van der Waals surface area contributed by atoms with Gasteiger partial charge in [0.1, 0.15) is 6.54 Å². The van der Waals surface area contributed by atoms with E-state index in [1.54, 1.807) is 7.11 Å². The Bertz CT molecular complexity index is 488. The molecule has 9 heteroatoms.